The average Bonchev–Trinajstić information content (AvgIpc) is 2.96. The molecule has 0 fully saturated rings. The Kier molecular flexibility index (Phi) is 17.5. The van der Waals surface area contributed by atoms with Crippen LogP contribution in [0.25, 0.3) is 18.2 Å². The minimum atomic E-state index is -1.27. The number of carboxylic acids is 3. The molecule has 0 aliphatic heterocycles. The summed E-state index contributed by atoms with van der Waals surface area (Å²) in [6, 6.07) is 13.5. The number of aliphatic carboxylic acids is 3. The summed E-state index contributed by atoms with van der Waals surface area (Å²) in [6.45, 7) is 0. The maximum absolute atomic E-state index is 10.1. The second-order valence-corrected chi connectivity index (χ2v) is 7.75. The summed E-state index contributed by atoms with van der Waals surface area (Å²) in [5.41, 5.74) is 1.84. The molecule has 3 aromatic carbocycles. The van der Waals surface area contributed by atoms with E-state index >= 15 is 0 Å². The molecule has 0 spiro atoms. The fourth-order valence-electron chi connectivity index (χ4n) is 2.89. The van der Waals surface area contributed by atoms with E-state index in [2.05, 4.69) is 0 Å². The van der Waals surface area contributed by atoms with Crippen LogP contribution in [0.4, 0.5) is 0 Å². The quantitative estimate of drug-likeness (QED) is 0.201. The van der Waals surface area contributed by atoms with Gasteiger partial charge in [0, 0.05) is 0 Å². The predicted octanol–water partition coefficient (Wildman–Crippen LogP) is 0.111. The van der Waals surface area contributed by atoms with E-state index < -0.39 is 17.9 Å². The third-order valence-corrected chi connectivity index (χ3v) is 4.85. The molecule has 0 bridgehead atoms. The Hall–Kier alpha value is -5.09. The fraction of sp³-hybridized carbons (Fsp3) is 0.100. The Morgan fingerprint density at radius 1 is 0.535 bits per heavy atom. The van der Waals surface area contributed by atoms with Crippen LogP contribution in [-0.2, 0) is 14.4 Å². The van der Waals surface area contributed by atoms with E-state index in [4.69, 9.17) is 14.2 Å². The number of rotatable bonds is 9. The normalized spacial score (nSPS) is 10.1. The molecule has 0 heterocycles. The molecule has 0 amide bonds. The van der Waals surface area contributed by atoms with Crippen molar-refractivity contribution >= 4 is 60.6 Å². The number of aromatic hydroxyl groups is 3. The van der Waals surface area contributed by atoms with Gasteiger partial charge < -0.3 is 59.2 Å². The SMILES string of the molecule is COc1cc(/C=C/C(=O)[O-])ccc1O.COc1cc(/C=C/C(=O)[O-])ccc1O.COc1cc(/C=C/C(=O)[O-])ccc1O.[Sb+3]. The van der Waals surface area contributed by atoms with Crippen LogP contribution in [0.15, 0.2) is 72.8 Å². The number of hydrogen-bond donors (Lipinski definition) is 3. The van der Waals surface area contributed by atoms with Gasteiger partial charge in [0.15, 0.2) is 34.5 Å². The van der Waals surface area contributed by atoms with Crippen LogP contribution in [-0.4, -0.2) is 79.0 Å². The molecule has 12 nitrogen and oxygen atoms in total. The first kappa shape index (κ1) is 37.9. The zero-order valence-corrected chi connectivity index (χ0v) is 25.7. The Morgan fingerprint density at radius 2 is 0.767 bits per heavy atom. The smallest absolute Gasteiger partial charge is 0.545 e. The van der Waals surface area contributed by atoms with Crippen LogP contribution in [0.1, 0.15) is 16.7 Å². The van der Waals surface area contributed by atoms with Crippen molar-refractivity contribution in [1.29, 1.82) is 0 Å². The van der Waals surface area contributed by atoms with E-state index in [0.29, 0.717) is 33.9 Å². The Balaban J connectivity index is 0.000000608. The van der Waals surface area contributed by atoms with E-state index in [-0.39, 0.29) is 41.7 Å². The van der Waals surface area contributed by atoms with Crippen LogP contribution in [0, 0.1) is 0 Å². The van der Waals surface area contributed by atoms with Gasteiger partial charge in [-0.1, -0.05) is 36.4 Å². The Morgan fingerprint density at radius 3 is 0.953 bits per heavy atom. The number of phenolic OH excluding ortho intramolecular Hbond substituents is 3. The van der Waals surface area contributed by atoms with Crippen molar-refractivity contribution in [2.75, 3.05) is 21.3 Å². The number of ether oxygens (including phenoxy) is 3. The molecule has 3 N–H and O–H groups in total. The van der Waals surface area contributed by atoms with Crippen molar-refractivity contribution < 1.29 is 59.2 Å². The van der Waals surface area contributed by atoms with Crippen LogP contribution >= 0.6 is 0 Å². The second-order valence-electron chi connectivity index (χ2n) is 7.75. The molecule has 0 aliphatic carbocycles. The summed E-state index contributed by atoms with van der Waals surface area (Å²) in [4.78, 5) is 30.3. The molecule has 0 aromatic heterocycles. The van der Waals surface area contributed by atoms with Gasteiger partial charge in [-0.15, -0.1) is 0 Å². The van der Waals surface area contributed by atoms with E-state index in [1.807, 2.05) is 0 Å². The number of carbonyl (C=O) groups excluding carboxylic acids is 3. The van der Waals surface area contributed by atoms with Crippen molar-refractivity contribution in [1.82, 2.24) is 0 Å². The molecule has 0 aliphatic rings. The molecule has 2 radical (unpaired) electrons. The number of benzene rings is 3. The van der Waals surface area contributed by atoms with E-state index in [1.54, 1.807) is 18.2 Å². The average molecular weight is 701 g/mol. The number of carboxylic acid groups (broad SMARTS) is 3. The second kappa shape index (κ2) is 19.9. The van der Waals surface area contributed by atoms with Crippen molar-refractivity contribution in [3.8, 4) is 34.5 Å². The predicted molar refractivity (Wildman–Crippen MR) is 152 cm³/mol. The summed E-state index contributed by atoms with van der Waals surface area (Å²) in [5.74, 6) is -2.87. The first-order valence-electron chi connectivity index (χ1n) is 11.7. The summed E-state index contributed by atoms with van der Waals surface area (Å²) in [6.07, 6.45) is 6.80. The monoisotopic (exact) mass is 700 g/mol. The molecule has 43 heavy (non-hydrogen) atoms. The molecule has 3 rings (SSSR count). The standard InChI is InChI=1S/3C10H10O4.Sb/c3*1-14-9-6-7(2-4-8(9)11)3-5-10(12)13;/h3*2-6,11H,1H3,(H,12,13);/q;;;+3/p-3/b3*5-3+;. The zero-order chi connectivity index (χ0) is 31.7. The third kappa shape index (κ3) is 14.9. The van der Waals surface area contributed by atoms with Gasteiger partial charge in [-0.3, -0.25) is 0 Å². The van der Waals surface area contributed by atoms with Crippen molar-refractivity contribution in [3.05, 3.63) is 89.5 Å². The fourth-order valence-corrected chi connectivity index (χ4v) is 2.89. The van der Waals surface area contributed by atoms with Gasteiger partial charge in [0.25, 0.3) is 0 Å². The Bertz CT molecular complexity index is 1290. The molecule has 224 valence electrons. The van der Waals surface area contributed by atoms with E-state index in [9.17, 15) is 45.0 Å². The van der Waals surface area contributed by atoms with E-state index in [1.165, 1.54) is 76.0 Å². The topological polar surface area (TPSA) is 209 Å². The molecule has 3 aromatic rings. The zero-order valence-electron chi connectivity index (χ0n) is 23.1. The number of methoxy groups -OCH3 is 3. The van der Waals surface area contributed by atoms with Crippen molar-refractivity contribution in [2.45, 2.75) is 0 Å². The van der Waals surface area contributed by atoms with Crippen molar-refractivity contribution in [2.24, 2.45) is 0 Å². The minimum absolute atomic E-state index is 0. The third-order valence-electron chi connectivity index (χ3n) is 4.85. The largest absolute Gasteiger partial charge is 3.00 e. The number of phenols is 3. The molecular formula is C30H27O12Sb. The van der Waals surface area contributed by atoms with E-state index in [0.717, 1.165) is 18.2 Å². The number of carbonyl (C=O) groups is 3. The van der Waals surface area contributed by atoms with Crippen LogP contribution in [0.5, 0.6) is 34.5 Å². The van der Waals surface area contributed by atoms with Gasteiger partial charge in [0.2, 0.25) is 0 Å². The molecule has 0 saturated carbocycles. The molecule has 0 saturated heterocycles. The number of hydrogen-bond acceptors (Lipinski definition) is 12. The summed E-state index contributed by atoms with van der Waals surface area (Å²) in [5, 5.41) is 58.1. The van der Waals surface area contributed by atoms with Gasteiger partial charge in [-0.25, -0.2) is 0 Å². The van der Waals surface area contributed by atoms with Crippen molar-refractivity contribution in [3.63, 3.8) is 0 Å². The van der Waals surface area contributed by atoms with Gasteiger partial charge >= 0.3 is 24.4 Å². The first-order valence-corrected chi connectivity index (χ1v) is 11.7. The molecule has 0 atom stereocenters. The first-order chi connectivity index (χ1) is 19.9. The van der Waals surface area contributed by atoms with Gasteiger partial charge in [0.05, 0.1) is 39.2 Å². The molecule has 0 unspecified atom stereocenters. The summed E-state index contributed by atoms with van der Waals surface area (Å²) in [7, 11) is 4.25. The summed E-state index contributed by atoms with van der Waals surface area (Å²) < 4.78 is 14.5. The minimum Gasteiger partial charge on any atom is -0.545 e. The van der Waals surface area contributed by atoms with Crippen LogP contribution in [0.3, 0.4) is 0 Å². The maximum atomic E-state index is 10.1. The van der Waals surface area contributed by atoms with Gasteiger partial charge in [-0.05, 0) is 71.3 Å². The maximum Gasteiger partial charge on any atom is 3.00 e. The van der Waals surface area contributed by atoms with Crippen LogP contribution in [0.2, 0.25) is 0 Å². The van der Waals surface area contributed by atoms with Gasteiger partial charge in [-0.2, -0.15) is 0 Å². The van der Waals surface area contributed by atoms with Crippen LogP contribution < -0.4 is 29.5 Å². The molecular weight excluding hydrogens is 674 g/mol. The Labute approximate surface area is 264 Å². The van der Waals surface area contributed by atoms with Gasteiger partial charge in [0.1, 0.15) is 0 Å². The summed E-state index contributed by atoms with van der Waals surface area (Å²) >= 11 is 0. The molecule has 13 heteroatoms.